The summed E-state index contributed by atoms with van der Waals surface area (Å²) in [6.45, 7) is 6.62. The third-order valence-corrected chi connectivity index (χ3v) is 4.00. The van der Waals surface area contributed by atoms with E-state index in [0.717, 1.165) is 5.56 Å². The average Bonchev–Trinajstić information content (AvgIpc) is 2.39. The molecule has 0 spiro atoms. The fourth-order valence-corrected chi connectivity index (χ4v) is 2.72. The Kier molecular flexibility index (Phi) is 3.88. The van der Waals surface area contributed by atoms with Crippen LogP contribution in [0.2, 0.25) is 0 Å². The summed E-state index contributed by atoms with van der Waals surface area (Å²) in [6, 6.07) is 9.66. The molecule has 0 N–H and O–H groups in total. The Hall–Kier alpha value is -0.970. The lowest BCUT2D eigenvalue weighted by Gasteiger charge is -2.25. The van der Waals surface area contributed by atoms with Gasteiger partial charge in [0.1, 0.15) is 11.0 Å². The smallest absolute Gasteiger partial charge is 0.127 e. The predicted octanol–water partition coefficient (Wildman–Crippen LogP) is 1.65. The fourth-order valence-electron chi connectivity index (χ4n) is 1.59. The van der Waals surface area contributed by atoms with Gasteiger partial charge >= 0.3 is 0 Å². The molecule has 1 aromatic rings. The van der Waals surface area contributed by atoms with Crippen LogP contribution in [0, 0.1) is 0 Å². The van der Waals surface area contributed by atoms with Crippen LogP contribution < -0.4 is 0 Å². The Bertz CT molecular complexity index is 385. The van der Waals surface area contributed by atoms with Gasteiger partial charge in [0.25, 0.3) is 0 Å². The molecule has 86 valence electrons. The molecule has 0 saturated carbocycles. The number of nitrogens with zero attached hydrogens (tertiary/aromatic N) is 1. The standard InChI is InChI=1S/C12H15NO2S/c1-11(12-5-3-2-4-6-12)16(14)13-7-9-15-10-8-13/h2-6H,1,7-10H2. The summed E-state index contributed by atoms with van der Waals surface area (Å²) in [5.41, 5.74) is 0.937. The molecule has 1 saturated heterocycles. The molecule has 16 heavy (non-hydrogen) atoms. The van der Waals surface area contributed by atoms with E-state index in [4.69, 9.17) is 4.74 Å². The number of benzene rings is 1. The zero-order valence-electron chi connectivity index (χ0n) is 9.09. The lowest BCUT2D eigenvalue weighted by Crippen LogP contribution is -2.37. The maximum absolute atomic E-state index is 12.2. The van der Waals surface area contributed by atoms with Crippen molar-refractivity contribution < 1.29 is 8.95 Å². The summed E-state index contributed by atoms with van der Waals surface area (Å²) in [5, 5.41) is 0. The van der Waals surface area contributed by atoms with Crippen molar-refractivity contribution in [2.75, 3.05) is 26.3 Å². The summed E-state index contributed by atoms with van der Waals surface area (Å²) in [5.74, 6) is 0. The first-order chi connectivity index (χ1) is 7.79. The van der Waals surface area contributed by atoms with Crippen molar-refractivity contribution in [3.05, 3.63) is 42.5 Å². The van der Waals surface area contributed by atoms with Gasteiger partial charge < -0.3 is 4.74 Å². The quantitative estimate of drug-likeness (QED) is 0.800. The van der Waals surface area contributed by atoms with Crippen LogP contribution in [0.5, 0.6) is 0 Å². The van der Waals surface area contributed by atoms with Crippen LogP contribution in [0.1, 0.15) is 5.56 Å². The van der Waals surface area contributed by atoms with E-state index in [-0.39, 0.29) is 0 Å². The Labute approximate surface area is 98.3 Å². The van der Waals surface area contributed by atoms with Crippen LogP contribution in [0.4, 0.5) is 0 Å². The molecule has 0 radical (unpaired) electrons. The minimum atomic E-state index is -1.14. The first-order valence-corrected chi connectivity index (χ1v) is 6.38. The van der Waals surface area contributed by atoms with Gasteiger partial charge in [-0.25, -0.2) is 8.51 Å². The van der Waals surface area contributed by atoms with Crippen molar-refractivity contribution in [3.8, 4) is 0 Å². The summed E-state index contributed by atoms with van der Waals surface area (Å²) < 4.78 is 19.3. The number of morpholine rings is 1. The van der Waals surface area contributed by atoms with Crippen LogP contribution in [0.25, 0.3) is 4.91 Å². The van der Waals surface area contributed by atoms with Gasteiger partial charge in [0, 0.05) is 13.1 Å². The first kappa shape index (κ1) is 11.5. The minimum absolute atomic E-state index is 0.647. The van der Waals surface area contributed by atoms with Crippen molar-refractivity contribution in [1.82, 2.24) is 4.31 Å². The molecular weight excluding hydrogens is 222 g/mol. The van der Waals surface area contributed by atoms with Crippen molar-refractivity contribution in [3.63, 3.8) is 0 Å². The highest BCUT2D eigenvalue weighted by atomic mass is 32.2. The molecule has 1 unspecified atom stereocenters. The van der Waals surface area contributed by atoms with Crippen molar-refractivity contribution in [2.24, 2.45) is 0 Å². The van der Waals surface area contributed by atoms with Gasteiger partial charge in [0.2, 0.25) is 0 Å². The maximum atomic E-state index is 12.2. The molecule has 1 aromatic carbocycles. The molecule has 4 heteroatoms. The van der Waals surface area contributed by atoms with Crippen LogP contribution in [0.15, 0.2) is 36.9 Å². The second-order valence-corrected chi connectivity index (χ2v) is 5.09. The van der Waals surface area contributed by atoms with Crippen LogP contribution >= 0.6 is 0 Å². The summed E-state index contributed by atoms with van der Waals surface area (Å²) in [7, 11) is -1.14. The van der Waals surface area contributed by atoms with E-state index in [2.05, 4.69) is 6.58 Å². The molecule has 1 aliphatic rings. The van der Waals surface area contributed by atoms with E-state index in [0.29, 0.717) is 31.2 Å². The largest absolute Gasteiger partial charge is 0.379 e. The summed E-state index contributed by atoms with van der Waals surface area (Å²) in [4.78, 5) is 0.669. The number of hydrogen-bond donors (Lipinski definition) is 0. The van der Waals surface area contributed by atoms with Gasteiger partial charge in [-0.05, 0) is 5.56 Å². The molecule has 1 heterocycles. The zero-order chi connectivity index (χ0) is 11.4. The lowest BCUT2D eigenvalue weighted by molar-refractivity contribution is 0.0757. The van der Waals surface area contributed by atoms with Gasteiger partial charge in [-0.15, -0.1) is 0 Å². The van der Waals surface area contributed by atoms with Gasteiger partial charge in [-0.2, -0.15) is 0 Å². The number of rotatable bonds is 3. The van der Waals surface area contributed by atoms with Crippen LogP contribution in [-0.4, -0.2) is 34.8 Å². The zero-order valence-corrected chi connectivity index (χ0v) is 9.91. The van der Waals surface area contributed by atoms with Gasteiger partial charge in [-0.1, -0.05) is 36.9 Å². The van der Waals surface area contributed by atoms with Crippen molar-refractivity contribution in [2.45, 2.75) is 0 Å². The van der Waals surface area contributed by atoms with E-state index in [1.165, 1.54) is 0 Å². The molecule has 1 fully saturated rings. The van der Waals surface area contributed by atoms with E-state index in [9.17, 15) is 4.21 Å². The highest BCUT2D eigenvalue weighted by molar-refractivity contribution is 7.92. The Morgan fingerprint density at radius 1 is 1.25 bits per heavy atom. The molecule has 0 bridgehead atoms. The van der Waals surface area contributed by atoms with E-state index in [1.54, 1.807) is 0 Å². The Morgan fingerprint density at radius 3 is 2.50 bits per heavy atom. The molecule has 3 nitrogen and oxygen atoms in total. The lowest BCUT2D eigenvalue weighted by atomic mass is 10.2. The van der Waals surface area contributed by atoms with Crippen molar-refractivity contribution >= 4 is 15.9 Å². The van der Waals surface area contributed by atoms with E-state index >= 15 is 0 Å². The second kappa shape index (κ2) is 5.39. The Morgan fingerprint density at radius 2 is 1.88 bits per heavy atom. The first-order valence-electron chi connectivity index (χ1n) is 5.28. The van der Waals surface area contributed by atoms with Crippen LogP contribution in [0.3, 0.4) is 0 Å². The molecule has 2 rings (SSSR count). The highest BCUT2D eigenvalue weighted by Crippen LogP contribution is 2.19. The third kappa shape index (κ3) is 2.58. The van der Waals surface area contributed by atoms with E-state index in [1.807, 2.05) is 34.6 Å². The topological polar surface area (TPSA) is 29.5 Å². The second-order valence-electron chi connectivity index (χ2n) is 3.58. The van der Waals surface area contributed by atoms with Crippen LogP contribution in [-0.2, 0) is 15.7 Å². The summed E-state index contributed by atoms with van der Waals surface area (Å²) >= 11 is 0. The molecule has 1 atom stereocenters. The van der Waals surface area contributed by atoms with Gasteiger partial charge in [0.05, 0.1) is 18.1 Å². The van der Waals surface area contributed by atoms with Gasteiger partial charge in [-0.3, -0.25) is 0 Å². The predicted molar refractivity (Wildman–Crippen MR) is 66.0 cm³/mol. The SMILES string of the molecule is C=C(c1ccccc1)S(=O)N1CCOCC1. The monoisotopic (exact) mass is 237 g/mol. The number of hydrogen-bond acceptors (Lipinski definition) is 2. The molecule has 0 amide bonds. The fraction of sp³-hybridized carbons (Fsp3) is 0.333. The maximum Gasteiger partial charge on any atom is 0.127 e. The summed E-state index contributed by atoms with van der Waals surface area (Å²) in [6.07, 6.45) is 0. The third-order valence-electron chi connectivity index (χ3n) is 2.51. The molecule has 0 aromatic heterocycles. The normalized spacial score (nSPS) is 19.2. The molecule has 0 aliphatic carbocycles. The van der Waals surface area contributed by atoms with Crippen molar-refractivity contribution in [1.29, 1.82) is 0 Å². The molecular formula is C12H15NO2S. The highest BCUT2D eigenvalue weighted by Gasteiger charge is 2.19. The average molecular weight is 237 g/mol. The molecule has 1 aliphatic heterocycles. The van der Waals surface area contributed by atoms with Gasteiger partial charge in [0.15, 0.2) is 0 Å². The minimum Gasteiger partial charge on any atom is -0.379 e. The Balaban J connectivity index is 2.07. The number of ether oxygens (including phenoxy) is 1. The van der Waals surface area contributed by atoms with E-state index < -0.39 is 11.0 Å².